The van der Waals surface area contributed by atoms with Crippen LogP contribution in [0.3, 0.4) is 0 Å². The molecule has 524 valence electrons. The van der Waals surface area contributed by atoms with Crippen molar-refractivity contribution in [3.8, 4) is 0 Å². The monoisotopic (exact) mass is 1560 g/mol. The molecule has 0 aromatic heterocycles. The number of rotatable bonds is 4. The fraction of sp³-hybridized carbons (Fsp3) is 0.827. The van der Waals surface area contributed by atoms with Crippen LogP contribution in [0.25, 0.3) is 0 Å². The van der Waals surface area contributed by atoms with Gasteiger partial charge in [-0.2, -0.15) is 0 Å². The standard InChI is InChI=1S/C21H38NP.C21H34NP.C4H12Si.7C4H11Si.CH3.2Zr/c2*1-13-14(2)16(4)20(15(13)3)23(5,6)22-21-10-17-7-18(11-21)9-19(8-17)12-21;8*1-5(2,3)4;;;/h13-20H,7-12H2,1-6H3;17-19,22H,7-12H2,1-6H3;1-4H3;7*1H2,2-4H3;1H3;;/q;;;8*-1;2*+4. The van der Waals surface area contributed by atoms with Crippen molar-refractivity contribution in [3.63, 3.8) is 0 Å². The number of hydrogen-bond acceptors (Lipinski definition) is 2. The Balaban J connectivity index is -0.000000327. The molecular weight excluding hydrogens is 1400 g/mol. The third-order valence-electron chi connectivity index (χ3n) is 16.3. The van der Waals surface area contributed by atoms with E-state index in [9.17, 15) is 0 Å². The van der Waals surface area contributed by atoms with Gasteiger partial charge in [-0.1, -0.05) is 191 Å². The van der Waals surface area contributed by atoms with Gasteiger partial charge in [-0.05, 0) is 238 Å². The zero-order chi connectivity index (χ0) is 69.1. The summed E-state index contributed by atoms with van der Waals surface area (Å²) >= 11 is 0. The van der Waals surface area contributed by atoms with Crippen molar-refractivity contribution in [2.75, 3.05) is 26.7 Å². The van der Waals surface area contributed by atoms with Gasteiger partial charge in [0.05, 0.1) is 5.54 Å². The summed E-state index contributed by atoms with van der Waals surface area (Å²) in [7, 11) is -9.12. The number of hydrogen-bond donors (Lipinski definition) is 1. The van der Waals surface area contributed by atoms with Gasteiger partial charge in [0.1, 0.15) is 0 Å². The van der Waals surface area contributed by atoms with Crippen LogP contribution in [0.15, 0.2) is 27.0 Å². The van der Waals surface area contributed by atoms with Crippen molar-refractivity contribution >= 4 is 84.0 Å². The van der Waals surface area contributed by atoms with E-state index in [1.54, 1.807) is 16.4 Å². The van der Waals surface area contributed by atoms with E-state index < -0.39 is 78.7 Å². The second kappa shape index (κ2) is 39.6. The quantitative estimate of drug-likeness (QED) is 0.169. The van der Waals surface area contributed by atoms with E-state index in [1.807, 2.05) is 0 Å². The Labute approximate surface area is 614 Å². The third kappa shape index (κ3) is 49.6. The van der Waals surface area contributed by atoms with Gasteiger partial charge in [-0.25, -0.2) is 0 Å². The van der Waals surface area contributed by atoms with E-state index in [2.05, 4.69) is 297 Å². The van der Waals surface area contributed by atoms with Crippen LogP contribution in [-0.2, 0) is 52.4 Å². The van der Waals surface area contributed by atoms with Gasteiger partial charge in [0.25, 0.3) is 0 Å². The Kier molecular flexibility index (Phi) is 45.0. The second-order valence-electron chi connectivity index (χ2n) is 41.2. The largest absolute Gasteiger partial charge is 4.00 e. The zero-order valence-corrected chi connectivity index (χ0v) is 82.8. The molecule has 10 aliphatic rings. The fourth-order valence-electron chi connectivity index (χ4n) is 14.9. The number of nitrogens with zero attached hydrogens (tertiary/aromatic N) is 1. The van der Waals surface area contributed by atoms with Crippen LogP contribution < -0.4 is 5.09 Å². The summed E-state index contributed by atoms with van der Waals surface area (Å²) in [4.78, 5) is 0. The first-order valence-corrected chi connectivity index (χ1v) is 70.2. The van der Waals surface area contributed by atoms with E-state index in [1.165, 1.54) is 88.2 Å². The summed E-state index contributed by atoms with van der Waals surface area (Å²) in [5, 5.41) is 6.03. The minimum atomic E-state index is -1.28. The summed E-state index contributed by atoms with van der Waals surface area (Å²) in [6.07, 6.45) is 17.9. The maximum absolute atomic E-state index is 5.86. The van der Waals surface area contributed by atoms with E-state index in [0.717, 1.165) is 64.8 Å². The maximum atomic E-state index is 5.86. The SMILES string of the molecule is CC1=C(C)C(=P(C)(C)NC23CC4CC(CC(C4)C2)C3)C(C)=C1C.CC1C(C)C(C)C(P(C)(C)=NC23CC4CC(CC(C4)C2)C3)C1C.C[Si](C)(C)C.[CH2-][Si](C)(C)C.[CH2-][Si](C)(C)C.[CH2-][Si](C)(C)C.[CH2-][Si](C)(C)C.[CH2-][Si](C)(C)C.[CH2-][Si](C)(C)C.[CH2-][Si](C)(C)C.[CH3-].[Zr+4].[Zr+4]. The minimum Gasteiger partial charge on any atom is -0.358 e. The van der Waals surface area contributed by atoms with Crippen LogP contribution in [0.2, 0.25) is 164 Å². The first-order chi connectivity index (χ1) is 37.4. The predicted octanol–water partition coefficient (Wildman–Crippen LogP) is 26.2. The minimum absolute atomic E-state index is 0. The van der Waals surface area contributed by atoms with Gasteiger partial charge < -0.3 is 53.3 Å². The molecule has 2 nitrogen and oxygen atoms in total. The molecule has 8 bridgehead atoms. The summed E-state index contributed by atoms with van der Waals surface area (Å²) in [6.45, 7) is 113. The molecule has 0 heterocycles. The third-order valence-corrected chi connectivity index (χ3v) is 22.4. The van der Waals surface area contributed by atoms with Gasteiger partial charge in [0.15, 0.2) is 0 Å². The van der Waals surface area contributed by atoms with Gasteiger partial charge in [0.2, 0.25) is 0 Å². The molecule has 89 heavy (non-hydrogen) atoms. The average Bonchev–Trinajstić information content (AvgIpc) is 3.48. The molecule has 1 N–H and O–H groups in total. The van der Waals surface area contributed by atoms with Crippen molar-refractivity contribution in [1.29, 1.82) is 0 Å². The summed E-state index contributed by atoms with van der Waals surface area (Å²) in [5.74, 6) is 9.64. The molecule has 4 atom stereocenters. The van der Waals surface area contributed by atoms with E-state index >= 15 is 0 Å². The van der Waals surface area contributed by atoms with Gasteiger partial charge in [0, 0.05) is 13.6 Å². The molecule has 0 aliphatic heterocycles. The summed E-state index contributed by atoms with van der Waals surface area (Å²) < 4.78 is 5.86. The Hall–Kier alpha value is 3.47. The first-order valence-electron chi connectivity index (χ1n) is 34.8. The van der Waals surface area contributed by atoms with Crippen LogP contribution >= 0.6 is 14.1 Å². The van der Waals surface area contributed by atoms with E-state index in [0.29, 0.717) is 11.1 Å². The second-order valence-corrected chi connectivity index (χ2v) is 90.4. The molecule has 10 aliphatic carbocycles. The molecule has 14 heteroatoms. The Morgan fingerprint density at radius 1 is 0.360 bits per heavy atom. The summed E-state index contributed by atoms with van der Waals surface area (Å²) in [5.41, 5.74) is 7.95. The number of nitrogens with one attached hydrogen (secondary N) is 1. The van der Waals surface area contributed by atoms with Crippen molar-refractivity contribution in [2.24, 2.45) is 63.9 Å². The molecule has 0 aromatic carbocycles. The van der Waals surface area contributed by atoms with Crippen molar-refractivity contribution in [1.82, 2.24) is 5.09 Å². The van der Waals surface area contributed by atoms with E-state index in [4.69, 9.17) is 4.74 Å². The zero-order valence-electron chi connectivity index (χ0n) is 68.1. The van der Waals surface area contributed by atoms with Crippen LogP contribution in [-0.4, -0.2) is 113 Å². The van der Waals surface area contributed by atoms with Crippen molar-refractivity contribution in [2.45, 2.75) is 313 Å². The molecule has 0 radical (unpaired) electrons. The molecule has 9 saturated carbocycles. The number of allylic oxidation sites excluding steroid dienone is 4. The molecular formula is C75H164N2P2Si8Zr2. The van der Waals surface area contributed by atoms with E-state index in [-0.39, 0.29) is 59.8 Å². The van der Waals surface area contributed by atoms with Crippen molar-refractivity contribution < 1.29 is 52.4 Å². The van der Waals surface area contributed by atoms with Crippen LogP contribution in [0.4, 0.5) is 0 Å². The molecule has 10 rings (SSSR count). The fourth-order valence-corrected chi connectivity index (χ4v) is 22.8. The Morgan fingerprint density at radius 2 is 0.539 bits per heavy atom. The average molecular weight is 1560 g/mol. The Morgan fingerprint density at radius 3 is 0.730 bits per heavy atom. The maximum Gasteiger partial charge on any atom is 4.00 e. The van der Waals surface area contributed by atoms with Crippen LogP contribution in [0, 0.1) is 112 Å². The predicted molar refractivity (Wildman–Crippen MR) is 444 cm³/mol. The normalized spacial score (nSPS) is 30.0. The molecule has 0 amide bonds. The molecule has 0 spiro atoms. The molecule has 9 fully saturated rings. The molecule has 0 saturated heterocycles. The molecule has 0 aromatic rings. The van der Waals surface area contributed by atoms with Crippen LogP contribution in [0.1, 0.15) is 132 Å². The van der Waals surface area contributed by atoms with Crippen LogP contribution in [0.5, 0.6) is 0 Å². The topological polar surface area (TPSA) is 24.4 Å². The van der Waals surface area contributed by atoms with Gasteiger partial charge in [-0.15, -0.1) is 56.5 Å². The Bertz CT molecular complexity index is 1900. The van der Waals surface area contributed by atoms with Gasteiger partial charge in [-0.3, -0.25) is 9.83 Å². The van der Waals surface area contributed by atoms with Crippen molar-refractivity contribution in [3.05, 3.63) is 75.5 Å². The smallest absolute Gasteiger partial charge is 0.358 e. The molecule has 4 unspecified atom stereocenters. The first kappa shape index (κ1) is 101. The summed E-state index contributed by atoms with van der Waals surface area (Å²) in [6, 6.07) is 0. The van der Waals surface area contributed by atoms with Gasteiger partial charge >= 0.3 is 52.4 Å².